The molecule has 1 rings (SSSR count). The van der Waals surface area contributed by atoms with Crippen LogP contribution in [0.1, 0.15) is 13.3 Å². The average molecular weight is 271 g/mol. The van der Waals surface area contributed by atoms with E-state index in [1.54, 1.807) is 0 Å². The van der Waals surface area contributed by atoms with E-state index < -0.39 is 14.5 Å². The van der Waals surface area contributed by atoms with Crippen molar-refractivity contribution < 1.29 is 9.03 Å². The van der Waals surface area contributed by atoms with Crippen LogP contribution in [0.2, 0.25) is 0 Å². The van der Waals surface area contributed by atoms with Gasteiger partial charge in [0.25, 0.3) is 16.9 Å². The lowest BCUT2D eigenvalue weighted by atomic mass is 10.5. The summed E-state index contributed by atoms with van der Waals surface area (Å²) in [4.78, 5) is 14.7. The first-order valence-corrected chi connectivity index (χ1v) is 6.03. The van der Waals surface area contributed by atoms with Crippen LogP contribution in [0.4, 0.5) is 0 Å². The van der Waals surface area contributed by atoms with Crippen molar-refractivity contribution in [2.45, 2.75) is 18.8 Å². The van der Waals surface area contributed by atoms with E-state index in [0.717, 1.165) is 18.4 Å². The van der Waals surface area contributed by atoms with Gasteiger partial charge in [-0.25, -0.2) is 10.1 Å². The molecule has 0 saturated heterocycles. The van der Waals surface area contributed by atoms with Crippen molar-refractivity contribution in [3.63, 3.8) is 0 Å². The second-order valence-corrected chi connectivity index (χ2v) is 4.94. The third kappa shape index (κ3) is 2.63. The fraction of sp³-hybridized carbons (Fsp3) is 0.571. The zero-order chi connectivity index (χ0) is 11.5. The number of aliphatic imine (C=N–C) groups is 1. The van der Waals surface area contributed by atoms with Crippen LogP contribution >= 0.6 is 35.1 Å². The maximum atomic E-state index is 11.0. The van der Waals surface area contributed by atoms with Crippen LogP contribution in [-0.4, -0.2) is 26.6 Å². The molecule has 0 aromatic carbocycles. The van der Waals surface area contributed by atoms with E-state index in [2.05, 4.69) is 4.99 Å². The Bertz CT molecular complexity index is 323. The zero-order valence-electron chi connectivity index (χ0n) is 7.97. The Labute approximate surface area is 102 Å². The highest BCUT2D eigenvalue weighted by Crippen LogP contribution is 2.33. The molecule has 0 radical (unpaired) electrons. The molecule has 0 aliphatic carbocycles. The zero-order valence-corrected chi connectivity index (χ0v) is 10.3. The molecule has 0 aromatic rings. The van der Waals surface area contributed by atoms with Gasteiger partial charge in [0.2, 0.25) is 0 Å². The monoisotopic (exact) mass is 270 g/mol. The number of hydrogen-bond donors (Lipinski definition) is 0. The molecule has 0 aromatic heterocycles. The summed E-state index contributed by atoms with van der Waals surface area (Å²) in [6.07, 6.45) is 3.36. The molecule has 15 heavy (non-hydrogen) atoms. The average Bonchev–Trinajstić information content (AvgIpc) is 2.16. The van der Waals surface area contributed by atoms with Gasteiger partial charge in [0.05, 0.1) is 9.75 Å². The van der Waals surface area contributed by atoms with Gasteiger partial charge in [-0.15, -0.1) is 0 Å². The van der Waals surface area contributed by atoms with Crippen molar-refractivity contribution in [1.82, 2.24) is 0 Å². The summed E-state index contributed by atoms with van der Waals surface area (Å²) in [5, 5.41) is 10.7. The molecular formula is C7H10Cl2N3O2S+. The lowest BCUT2D eigenvalue weighted by Crippen LogP contribution is -2.51. The molecule has 1 heterocycles. The van der Waals surface area contributed by atoms with Crippen molar-refractivity contribution in [3.8, 4) is 0 Å². The van der Waals surface area contributed by atoms with Crippen LogP contribution in [0.3, 0.4) is 0 Å². The van der Waals surface area contributed by atoms with Crippen molar-refractivity contribution >= 4 is 41.5 Å². The maximum Gasteiger partial charge on any atom is 0.269 e. The van der Waals surface area contributed by atoms with Crippen LogP contribution in [0.15, 0.2) is 16.2 Å². The molecule has 0 spiro atoms. The Kier molecular flexibility index (Phi) is 4.39. The van der Waals surface area contributed by atoms with Gasteiger partial charge in [-0.1, -0.05) is 18.5 Å². The topological polar surface area (TPSA) is 55.5 Å². The van der Waals surface area contributed by atoms with E-state index in [4.69, 9.17) is 23.2 Å². The second-order valence-electron chi connectivity index (χ2n) is 2.85. The fourth-order valence-electron chi connectivity index (χ4n) is 0.986. The van der Waals surface area contributed by atoms with Gasteiger partial charge in [-0.2, -0.15) is 4.99 Å². The highest BCUT2D eigenvalue weighted by atomic mass is 35.5. The summed E-state index contributed by atoms with van der Waals surface area (Å²) in [5.74, 6) is 0.627. The van der Waals surface area contributed by atoms with Crippen molar-refractivity contribution in [2.24, 2.45) is 4.99 Å². The third-order valence-corrected chi connectivity index (χ3v) is 3.95. The Hall–Kier alpha value is -0.300. The Morgan fingerprint density at radius 3 is 2.93 bits per heavy atom. The number of quaternary nitrogens is 1. The van der Waals surface area contributed by atoms with Crippen molar-refractivity contribution in [1.29, 1.82) is 0 Å². The lowest BCUT2D eigenvalue weighted by molar-refractivity contribution is -1.19. The number of alkyl halides is 1. The quantitative estimate of drug-likeness (QED) is 0.197. The maximum absolute atomic E-state index is 11.0. The number of halogens is 2. The second kappa shape index (κ2) is 5.16. The molecule has 2 unspecified atom stereocenters. The van der Waals surface area contributed by atoms with Crippen LogP contribution < -0.4 is 0 Å². The lowest BCUT2D eigenvalue weighted by Gasteiger charge is -2.23. The minimum Gasteiger partial charge on any atom is -0.206 e. The summed E-state index contributed by atoms with van der Waals surface area (Å²) in [6, 6.07) is 0. The molecule has 5 nitrogen and oxygen atoms in total. The van der Waals surface area contributed by atoms with Gasteiger partial charge in [0.15, 0.2) is 11.9 Å². The van der Waals surface area contributed by atoms with Gasteiger partial charge in [0.1, 0.15) is 5.16 Å². The smallest absolute Gasteiger partial charge is 0.206 e. The van der Waals surface area contributed by atoms with Crippen LogP contribution in [-0.2, 0) is 0 Å². The minimum atomic E-state index is -0.832. The standard InChI is InChI=1S/C7H10Cl2N3O2S/c1-2-3-15-12(11(13)14)5-10-6(8)4-7(12)9/h4-5,7H,2-3H2,1H3/q+1. The van der Waals surface area contributed by atoms with Gasteiger partial charge >= 0.3 is 0 Å². The molecular weight excluding hydrogens is 261 g/mol. The number of rotatable bonds is 4. The third-order valence-electron chi connectivity index (χ3n) is 1.73. The molecule has 0 N–H and O–H groups in total. The molecule has 0 saturated carbocycles. The summed E-state index contributed by atoms with van der Waals surface area (Å²) in [6.45, 7) is 1.94. The molecule has 0 fully saturated rings. The minimum absolute atomic E-state index is 0.183. The van der Waals surface area contributed by atoms with E-state index in [9.17, 15) is 10.1 Å². The Morgan fingerprint density at radius 1 is 1.80 bits per heavy atom. The molecule has 8 heteroatoms. The number of hydrogen-bond acceptors (Lipinski definition) is 4. The molecule has 1 aliphatic rings. The van der Waals surface area contributed by atoms with Gasteiger partial charge < -0.3 is 0 Å². The number of nitrogens with zero attached hydrogens (tertiary/aromatic N) is 3. The van der Waals surface area contributed by atoms with Crippen LogP contribution in [0.25, 0.3) is 0 Å². The van der Waals surface area contributed by atoms with Crippen LogP contribution in [0, 0.1) is 10.1 Å². The Morgan fingerprint density at radius 2 is 2.47 bits per heavy atom. The van der Waals surface area contributed by atoms with E-state index in [-0.39, 0.29) is 5.16 Å². The predicted molar refractivity (Wildman–Crippen MR) is 62.1 cm³/mol. The van der Waals surface area contributed by atoms with E-state index >= 15 is 0 Å². The summed E-state index contributed by atoms with van der Waals surface area (Å²) >= 11 is 12.7. The fourth-order valence-corrected chi connectivity index (χ4v) is 2.51. The summed E-state index contributed by atoms with van der Waals surface area (Å²) in [5.41, 5.74) is -0.832. The summed E-state index contributed by atoms with van der Waals surface area (Å²) < 4.78 is -0.661. The first-order chi connectivity index (χ1) is 7.03. The van der Waals surface area contributed by atoms with Gasteiger partial charge in [-0.3, -0.25) is 0 Å². The largest absolute Gasteiger partial charge is 0.269 e. The first-order valence-electron chi connectivity index (χ1n) is 4.27. The normalized spacial score (nSPS) is 30.1. The molecule has 0 amide bonds. The molecule has 1 aliphatic heterocycles. The Balaban J connectivity index is 2.93. The highest BCUT2D eigenvalue weighted by Gasteiger charge is 2.50. The van der Waals surface area contributed by atoms with Gasteiger partial charge in [-0.05, 0) is 18.0 Å². The van der Waals surface area contributed by atoms with Crippen LogP contribution in [0.5, 0.6) is 0 Å². The van der Waals surface area contributed by atoms with Gasteiger partial charge in [0, 0.05) is 6.08 Å². The first kappa shape index (κ1) is 12.8. The SMILES string of the molecule is CCCS[N+]1([N+](=O)[O-])C=NC(Cl)=CC1Cl. The van der Waals surface area contributed by atoms with E-state index in [1.165, 1.54) is 12.4 Å². The summed E-state index contributed by atoms with van der Waals surface area (Å²) in [7, 11) is 0. The molecule has 2 atom stereocenters. The van der Waals surface area contributed by atoms with E-state index in [1.807, 2.05) is 6.92 Å². The highest BCUT2D eigenvalue weighted by molar-refractivity contribution is 7.94. The molecule has 84 valence electrons. The number of nitro groups is 1. The van der Waals surface area contributed by atoms with Crippen molar-refractivity contribution in [2.75, 3.05) is 5.75 Å². The molecule has 0 bridgehead atoms. The van der Waals surface area contributed by atoms with Crippen molar-refractivity contribution in [3.05, 3.63) is 21.3 Å². The van der Waals surface area contributed by atoms with E-state index in [0.29, 0.717) is 5.75 Å². The predicted octanol–water partition coefficient (Wildman–Crippen LogP) is 2.74.